The molecule has 0 radical (unpaired) electrons. The molecule has 0 aliphatic rings. The van der Waals surface area contributed by atoms with Crippen LogP contribution in [-0.2, 0) is 11.2 Å². The molecule has 0 saturated carbocycles. The lowest BCUT2D eigenvalue weighted by molar-refractivity contribution is 0.0531. The van der Waals surface area contributed by atoms with Crippen LogP contribution in [0.2, 0.25) is 0 Å². The summed E-state index contributed by atoms with van der Waals surface area (Å²) in [5, 5.41) is 2.12. The molecule has 0 fully saturated rings. The van der Waals surface area contributed by atoms with E-state index < -0.39 is 0 Å². The zero-order chi connectivity index (χ0) is 17.2. The first kappa shape index (κ1) is 19.5. The van der Waals surface area contributed by atoms with Gasteiger partial charge in [0.25, 0.3) is 0 Å². The van der Waals surface area contributed by atoms with Crippen molar-refractivity contribution in [3.8, 4) is 0 Å². The Labute approximate surface area is 154 Å². The fraction of sp³-hybridized carbons (Fsp3) is 0.650. The lowest BCUT2D eigenvalue weighted by atomic mass is 10.0. The Morgan fingerprint density at radius 3 is 2.33 bits per heavy atom. The van der Waals surface area contributed by atoms with Gasteiger partial charge < -0.3 is 4.74 Å². The van der Waals surface area contributed by atoms with Crippen molar-refractivity contribution in [1.29, 1.82) is 0 Å². The van der Waals surface area contributed by atoms with E-state index in [9.17, 15) is 4.79 Å². The maximum atomic E-state index is 12.2. The van der Waals surface area contributed by atoms with Crippen molar-refractivity contribution in [2.24, 2.45) is 0 Å². The first-order chi connectivity index (χ1) is 11.8. The number of thiophene rings is 2. The SMILES string of the molecule is CCCCCCCCCCCc1c(C(=O)OCC)sc2ccsc12. The highest BCUT2D eigenvalue weighted by Crippen LogP contribution is 2.36. The molecule has 0 aromatic carbocycles. The standard InChI is InChI=1S/C20H30O2S2/c1-3-5-6-7-8-9-10-11-12-13-16-18-17(14-15-23-18)24-19(16)20(21)22-4-2/h14-15H,3-13H2,1-2H3. The second-order valence-electron chi connectivity index (χ2n) is 6.32. The van der Waals surface area contributed by atoms with Crippen molar-refractivity contribution in [2.45, 2.75) is 78.1 Å². The van der Waals surface area contributed by atoms with Crippen molar-refractivity contribution < 1.29 is 9.53 Å². The molecule has 134 valence electrons. The van der Waals surface area contributed by atoms with Crippen molar-refractivity contribution in [2.75, 3.05) is 6.61 Å². The molecule has 2 aromatic heterocycles. The summed E-state index contributed by atoms with van der Waals surface area (Å²) in [4.78, 5) is 13.0. The van der Waals surface area contributed by atoms with Crippen molar-refractivity contribution in [3.63, 3.8) is 0 Å². The van der Waals surface area contributed by atoms with E-state index in [0.29, 0.717) is 6.61 Å². The van der Waals surface area contributed by atoms with Gasteiger partial charge >= 0.3 is 5.97 Å². The normalized spacial score (nSPS) is 11.2. The summed E-state index contributed by atoms with van der Waals surface area (Å²) >= 11 is 3.35. The topological polar surface area (TPSA) is 26.3 Å². The lowest BCUT2D eigenvalue weighted by Gasteiger charge is -2.05. The third-order valence-electron chi connectivity index (χ3n) is 4.38. The van der Waals surface area contributed by atoms with E-state index in [1.165, 1.54) is 72.8 Å². The summed E-state index contributed by atoms with van der Waals surface area (Å²) in [6.07, 6.45) is 13.0. The van der Waals surface area contributed by atoms with E-state index in [1.54, 1.807) is 22.7 Å². The second-order valence-corrected chi connectivity index (χ2v) is 8.29. The van der Waals surface area contributed by atoms with Gasteiger partial charge in [-0.1, -0.05) is 58.3 Å². The van der Waals surface area contributed by atoms with E-state index in [2.05, 4.69) is 18.4 Å². The van der Waals surface area contributed by atoms with E-state index in [0.717, 1.165) is 11.3 Å². The zero-order valence-electron chi connectivity index (χ0n) is 15.1. The molecule has 4 heteroatoms. The Hall–Kier alpha value is -0.870. The van der Waals surface area contributed by atoms with Crippen molar-refractivity contribution in [3.05, 3.63) is 21.9 Å². The number of carbonyl (C=O) groups excluding carboxylic acids is 1. The van der Waals surface area contributed by atoms with Crippen LogP contribution in [0.25, 0.3) is 9.40 Å². The van der Waals surface area contributed by atoms with Gasteiger partial charge in [0.15, 0.2) is 0 Å². The third kappa shape index (κ3) is 5.59. The molecule has 24 heavy (non-hydrogen) atoms. The van der Waals surface area contributed by atoms with Gasteiger partial charge in [0.05, 0.1) is 6.61 Å². The molecule has 0 aliphatic carbocycles. The third-order valence-corrected chi connectivity index (χ3v) is 6.66. The number of rotatable bonds is 12. The predicted octanol–water partition coefficient (Wildman–Crippen LogP) is 7.21. The highest BCUT2D eigenvalue weighted by atomic mass is 32.1. The van der Waals surface area contributed by atoms with Crippen LogP contribution in [0, 0.1) is 0 Å². The molecule has 0 unspecified atom stereocenters. The highest BCUT2D eigenvalue weighted by molar-refractivity contribution is 7.28. The molecule has 2 rings (SSSR count). The van der Waals surface area contributed by atoms with Gasteiger partial charge in [0, 0.05) is 9.40 Å². The number of ether oxygens (including phenoxy) is 1. The van der Waals surface area contributed by atoms with Gasteiger partial charge in [0.2, 0.25) is 0 Å². The summed E-state index contributed by atoms with van der Waals surface area (Å²) in [5.74, 6) is -0.142. The Morgan fingerprint density at radius 1 is 1.00 bits per heavy atom. The number of carbonyl (C=O) groups is 1. The smallest absolute Gasteiger partial charge is 0.348 e. The van der Waals surface area contributed by atoms with Crippen molar-refractivity contribution >= 4 is 38.0 Å². The van der Waals surface area contributed by atoms with Crippen LogP contribution < -0.4 is 0 Å². The maximum Gasteiger partial charge on any atom is 0.348 e. The molecule has 0 bridgehead atoms. The molecule has 0 N–H and O–H groups in total. The number of hydrogen-bond acceptors (Lipinski definition) is 4. The Bertz CT molecular complexity index is 612. The zero-order valence-corrected chi connectivity index (χ0v) is 16.7. The molecule has 0 aliphatic heterocycles. The first-order valence-electron chi connectivity index (χ1n) is 9.43. The predicted molar refractivity (Wildman–Crippen MR) is 107 cm³/mol. The monoisotopic (exact) mass is 366 g/mol. The summed E-state index contributed by atoms with van der Waals surface area (Å²) < 4.78 is 7.76. The minimum atomic E-state index is -0.142. The fourth-order valence-electron chi connectivity index (χ4n) is 3.07. The van der Waals surface area contributed by atoms with Crippen LogP contribution in [-0.4, -0.2) is 12.6 Å². The first-order valence-corrected chi connectivity index (χ1v) is 11.1. The van der Waals surface area contributed by atoms with Gasteiger partial charge in [-0.15, -0.1) is 22.7 Å². The number of aryl methyl sites for hydroxylation is 1. The molecule has 2 aromatic rings. The molecule has 0 atom stereocenters. The van der Waals surface area contributed by atoms with Crippen LogP contribution in [0.4, 0.5) is 0 Å². The summed E-state index contributed by atoms with van der Waals surface area (Å²) in [7, 11) is 0. The van der Waals surface area contributed by atoms with Gasteiger partial charge in [0.1, 0.15) is 4.88 Å². The minimum Gasteiger partial charge on any atom is -0.462 e. The molecule has 0 amide bonds. The summed E-state index contributed by atoms with van der Waals surface area (Å²) in [6, 6.07) is 2.12. The van der Waals surface area contributed by atoms with Crippen LogP contribution in [0.3, 0.4) is 0 Å². The molecule has 2 nitrogen and oxygen atoms in total. The lowest BCUT2D eigenvalue weighted by Crippen LogP contribution is -2.05. The van der Waals surface area contributed by atoms with Gasteiger partial charge in [-0.05, 0) is 36.8 Å². The molecule has 0 saturated heterocycles. The van der Waals surface area contributed by atoms with E-state index in [4.69, 9.17) is 4.74 Å². The Kier molecular flexibility index (Phi) is 8.82. The molecular weight excluding hydrogens is 336 g/mol. The van der Waals surface area contributed by atoms with E-state index in [-0.39, 0.29) is 5.97 Å². The molecular formula is C20H30O2S2. The minimum absolute atomic E-state index is 0.142. The number of hydrogen-bond donors (Lipinski definition) is 0. The molecule has 2 heterocycles. The number of esters is 1. The quantitative estimate of drug-likeness (QED) is 0.293. The number of fused-ring (bicyclic) bond motifs is 1. The summed E-state index contributed by atoms with van der Waals surface area (Å²) in [5.41, 5.74) is 1.23. The van der Waals surface area contributed by atoms with Crippen LogP contribution in [0.15, 0.2) is 11.4 Å². The van der Waals surface area contributed by atoms with Crippen LogP contribution >= 0.6 is 22.7 Å². The maximum absolute atomic E-state index is 12.2. The molecule has 0 spiro atoms. The van der Waals surface area contributed by atoms with Gasteiger partial charge in [-0.2, -0.15) is 0 Å². The van der Waals surface area contributed by atoms with E-state index in [1.807, 2.05) is 6.92 Å². The van der Waals surface area contributed by atoms with Gasteiger partial charge in [-0.3, -0.25) is 0 Å². The average Bonchev–Trinajstić information content (AvgIpc) is 3.15. The van der Waals surface area contributed by atoms with Crippen LogP contribution in [0.5, 0.6) is 0 Å². The van der Waals surface area contributed by atoms with Crippen LogP contribution in [0.1, 0.15) is 86.9 Å². The number of unbranched alkanes of at least 4 members (excludes halogenated alkanes) is 8. The average molecular weight is 367 g/mol. The largest absolute Gasteiger partial charge is 0.462 e. The summed E-state index contributed by atoms with van der Waals surface area (Å²) in [6.45, 7) is 4.58. The fourth-order valence-corrected chi connectivity index (χ4v) is 5.41. The van der Waals surface area contributed by atoms with Gasteiger partial charge in [-0.25, -0.2) is 4.79 Å². The highest BCUT2D eigenvalue weighted by Gasteiger charge is 2.19. The second kappa shape index (κ2) is 10.9. The Morgan fingerprint density at radius 2 is 1.67 bits per heavy atom. The Balaban J connectivity index is 1.78. The van der Waals surface area contributed by atoms with E-state index >= 15 is 0 Å². The van der Waals surface area contributed by atoms with Crippen molar-refractivity contribution in [1.82, 2.24) is 0 Å².